The molecule has 2 aliphatic carbocycles. The number of rotatable bonds is 4. The van der Waals surface area contributed by atoms with Crippen LogP contribution in [0.3, 0.4) is 0 Å². The minimum absolute atomic E-state index is 0.217. The predicted molar refractivity (Wildman–Crippen MR) is 82.8 cm³/mol. The second kappa shape index (κ2) is 6.19. The van der Waals surface area contributed by atoms with Gasteiger partial charge in [0.1, 0.15) is 11.8 Å². The van der Waals surface area contributed by atoms with Crippen LogP contribution in [0.15, 0.2) is 12.1 Å². The van der Waals surface area contributed by atoms with E-state index in [4.69, 9.17) is 9.47 Å². The Kier molecular flexibility index (Phi) is 4.22. The van der Waals surface area contributed by atoms with E-state index in [0.717, 1.165) is 0 Å². The quantitative estimate of drug-likeness (QED) is 0.614. The summed E-state index contributed by atoms with van der Waals surface area (Å²) >= 11 is 0. The van der Waals surface area contributed by atoms with Crippen LogP contribution in [0.5, 0.6) is 0 Å². The second-order valence-electron chi connectivity index (χ2n) is 5.91. The minimum atomic E-state index is -0.835. The third-order valence-corrected chi connectivity index (χ3v) is 4.48. The maximum atomic E-state index is 12.4. The molecule has 2 aliphatic rings. The molecule has 24 heavy (non-hydrogen) atoms. The summed E-state index contributed by atoms with van der Waals surface area (Å²) in [6, 6.07) is 3.28. The highest BCUT2D eigenvalue weighted by atomic mass is 16.5. The molecule has 6 nitrogen and oxygen atoms in total. The average Bonchev–Trinajstić information content (AvgIpc) is 3.04. The molecule has 3 rings (SSSR count). The number of ketones is 2. The van der Waals surface area contributed by atoms with Gasteiger partial charge in [-0.2, -0.15) is 0 Å². The van der Waals surface area contributed by atoms with Crippen molar-refractivity contribution in [2.24, 2.45) is 11.8 Å². The fourth-order valence-electron chi connectivity index (χ4n) is 3.35. The van der Waals surface area contributed by atoms with Gasteiger partial charge in [0.05, 0.1) is 13.2 Å². The zero-order valence-corrected chi connectivity index (χ0v) is 13.6. The number of carbonyl (C=O) groups excluding carboxylic acids is 4. The first kappa shape index (κ1) is 16.4. The van der Waals surface area contributed by atoms with E-state index in [1.54, 1.807) is 26.0 Å². The third kappa shape index (κ3) is 2.52. The van der Waals surface area contributed by atoms with Gasteiger partial charge in [-0.15, -0.1) is 0 Å². The predicted octanol–water partition coefficient (Wildman–Crippen LogP) is 1.52. The number of Topliss-reactive ketones (excluding diaryl/α,β-unsaturated/α-hetero) is 2. The van der Waals surface area contributed by atoms with E-state index in [-0.39, 0.29) is 37.6 Å². The van der Waals surface area contributed by atoms with Crippen molar-refractivity contribution in [3.63, 3.8) is 0 Å². The van der Waals surface area contributed by atoms with Crippen LogP contribution in [-0.2, 0) is 31.9 Å². The van der Waals surface area contributed by atoms with Crippen molar-refractivity contribution < 1.29 is 28.7 Å². The first-order valence-electron chi connectivity index (χ1n) is 8.05. The van der Waals surface area contributed by atoms with Crippen molar-refractivity contribution in [2.45, 2.75) is 26.7 Å². The Hall–Kier alpha value is -2.50. The number of esters is 2. The summed E-state index contributed by atoms with van der Waals surface area (Å²) in [6.45, 7) is 3.81. The van der Waals surface area contributed by atoms with Crippen LogP contribution in [0.25, 0.3) is 0 Å². The Labute approximate surface area is 139 Å². The van der Waals surface area contributed by atoms with Gasteiger partial charge in [0.15, 0.2) is 11.6 Å². The molecule has 0 saturated heterocycles. The first-order valence-corrected chi connectivity index (χ1v) is 8.05. The van der Waals surface area contributed by atoms with E-state index in [9.17, 15) is 19.2 Å². The summed E-state index contributed by atoms with van der Waals surface area (Å²) in [5.41, 5.74) is 2.22. The molecule has 6 heteroatoms. The molecule has 0 aliphatic heterocycles. The van der Waals surface area contributed by atoms with Crippen LogP contribution in [0, 0.1) is 11.8 Å². The molecule has 0 bridgehead atoms. The molecule has 0 fully saturated rings. The maximum absolute atomic E-state index is 12.4. The van der Waals surface area contributed by atoms with E-state index in [0.29, 0.717) is 22.3 Å². The highest BCUT2D eigenvalue weighted by molar-refractivity contribution is 6.16. The van der Waals surface area contributed by atoms with Crippen LogP contribution in [0.2, 0.25) is 0 Å². The van der Waals surface area contributed by atoms with Crippen molar-refractivity contribution in [1.82, 2.24) is 0 Å². The smallest absolute Gasteiger partial charge is 0.317 e. The van der Waals surface area contributed by atoms with Crippen molar-refractivity contribution in [3.05, 3.63) is 34.4 Å². The van der Waals surface area contributed by atoms with Gasteiger partial charge in [0.25, 0.3) is 0 Å². The lowest BCUT2D eigenvalue weighted by atomic mass is 10.0. The van der Waals surface area contributed by atoms with Gasteiger partial charge in [-0.05, 0) is 49.9 Å². The number of carbonyl (C=O) groups is 4. The number of fused-ring (bicyclic) bond motifs is 2. The molecule has 0 spiro atoms. The Bertz CT molecular complexity index is 684. The normalized spacial score (nSPS) is 21.4. The average molecular weight is 330 g/mol. The Morgan fingerprint density at radius 2 is 1.25 bits per heavy atom. The Morgan fingerprint density at radius 1 is 0.875 bits per heavy atom. The molecule has 0 aromatic heterocycles. The van der Waals surface area contributed by atoms with Gasteiger partial charge >= 0.3 is 11.9 Å². The summed E-state index contributed by atoms with van der Waals surface area (Å²) in [5.74, 6) is -3.29. The van der Waals surface area contributed by atoms with Crippen molar-refractivity contribution in [1.29, 1.82) is 0 Å². The molecule has 0 heterocycles. The summed E-state index contributed by atoms with van der Waals surface area (Å²) in [4.78, 5) is 48.6. The number of benzene rings is 1. The SMILES string of the molecule is CCOC(=O)C1Cc2cc3c(cc2C1=O)C[C@@H](C(=O)OCC)C3=O. The molecule has 1 aromatic carbocycles. The van der Waals surface area contributed by atoms with Crippen molar-refractivity contribution in [3.8, 4) is 0 Å². The molecule has 1 unspecified atom stereocenters. The van der Waals surface area contributed by atoms with Crippen LogP contribution in [0.1, 0.15) is 45.7 Å². The zero-order valence-electron chi connectivity index (χ0n) is 13.6. The zero-order chi connectivity index (χ0) is 17.4. The minimum Gasteiger partial charge on any atom is -0.465 e. The number of hydrogen-bond donors (Lipinski definition) is 0. The monoisotopic (exact) mass is 330 g/mol. The fourth-order valence-corrected chi connectivity index (χ4v) is 3.35. The summed E-state index contributed by atoms with van der Waals surface area (Å²) in [5, 5.41) is 0. The lowest BCUT2D eigenvalue weighted by molar-refractivity contribution is -0.146. The standard InChI is InChI=1S/C18H18O6/c1-3-23-17(21)13-7-9-5-12-10(6-11(9)15(13)19)8-14(16(12)20)18(22)24-4-2/h5-6,13-14H,3-4,7-8H2,1-2H3/t13-,14?/m1/s1. The highest BCUT2D eigenvalue weighted by Crippen LogP contribution is 2.35. The molecular formula is C18H18O6. The second-order valence-corrected chi connectivity index (χ2v) is 5.91. The highest BCUT2D eigenvalue weighted by Gasteiger charge is 2.42. The van der Waals surface area contributed by atoms with Crippen molar-refractivity contribution in [2.75, 3.05) is 13.2 Å². The third-order valence-electron chi connectivity index (χ3n) is 4.48. The number of hydrogen-bond acceptors (Lipinski definition) is 6. The van der Waals surface area contributed by atoms with E-state index in [1.165, 1.54) is 0 Å². The Morgan fingerprint density at radius 3 is 1.58 bits per heavy atom. The Balaban J connectivity index is 1.88. The van der Waals surface area contributed by atoms with E-state index < -0.39 is 23.8 Å². The van der Waals surface area contributed by atoms with Crippen LogP contribution in [0.4, 0.5) is 0 Å². The molecule has 0 amide bonds. The van der Waals surface area contributed by atoms with Gasteiger partial charge in [-0.1, -0.05) is 0 Å². The molecule has 126 valence electrons. The first-order chi connectivity index (χ1) is 11.5. The summed E-state index contributed by atoms with van der Waals surface area (Å²) in [6.07, 6.45) is 0.468. The van der Waals surface area contributed by atoms with Crippen LogP contribution in [-0.4, -0.2) is 36.7 Å². The van der Waals surface area contributed by atoms with E-state index in [1.807, 2.05) is 0 Å². The van der Waals surface area contributed by atoms with Crippen LogP contribution < -0.4 is 0 Å². The van der Waals surface area contributed by atoms with Gasteiger partial charge in [0.2, 0.25) is 0 Å². The van der Waals surface area contributed by atoms with E-state index >= 15 is 0 Å². The van der Waals surface area contributed by atoms with Gasteiger partial charge < -0.3 is 9.47 Å². The molecule has 0 radical (unpaired) electrons. The van der Waals surface area contributed by atoms with Crippen molar-refractivity contribution >= 4 is 23.5 Å². The molecule has 0 saturated carbocycles. The molecule has 2 atom stereocenters. The summed E-state index contributed by atoms with van der Waals surface area (Å²) < 4.78 is 9.87. The molecule has 0 N–H and O–H groups in total. The number of ether oxygens (including phenoxy) is 2. The molecule has 1 aromatic rings. The van der Waals surface area contributed by atoms with Gasteiger partial charge in [0, 0.05) is 11.1 Å². The lowest BCUT2D eigenvalue weighted by Crippen LogP contribution is -2.23. The fraction of sp³-hybridized carbons (Fsp3) is 0.444. The van der Waals surface area contributed by atoms with E-state index in [2.05, 4.69) is 0 Å². The lowest BCUT2D eigenvalue weighted by Gasteiger charge is -2.06. The maximum Gasteiger partial charge on any atom is 0.317 e. The van der Waals surface area contributed by atoms with Gasteiger partial charge in [-0.3, -0.25) is 19.2 Å². The summed E-state index contributed by atoms with van der Waals surface area (Å²) in [7, 11) is 0. The topological polar surface area (TPSA) is 86.7 Å². The largest absolute Gasteiger partial charge is 0.465 e. The van der Waals surface area contributed by atoms with Gasteiger partial charge in [-0.25, -0.2) is 0 Å². The van der Waals surface area contributed by atoms with Crippen LogP contribution >= 0.6 is 0 Å². The molecular weight excluding hydrogens is 312 g/mol.